The van der Waals surface area contributed by atoms with E-state index < -0.39 is 20.5 Å². The average Bonchev–Trinajstić information content (AvgIpc) is 3.32. The molecule has 1 aliphatic rings. The molecular weight excluding hydrogens is 358 g/mol. The number of nitro benzene ring substituents is 1. The second kappa shape index (κ2) is 8.32. The number of nitrogens with one attached hydrogen (secondary N) is 2. The molecule has 1 aromatic rings. The maximum atomic E-state index is 12.4. The number of rotatable bonds is 10. The van der Waals surface area contributed by atoms with Crippen LogP contribution in [0.5, 0.6) is 0 Å². The molecule has 9 heteroatoms. The van der Waals surface area contributed by atoms with Crippen LogP contribution in [0.25, 0.3) is 0 Å². The van der Waals surface area contributed by atoms with Crippen LogP contribution in [0.15, 0.2) is 23.1 Å². The minimum absolute atomic E-state index is 0.127. The molecule has 2 rings (SSSR count). The second-order valence-electron chi connectivity index (χ2n) is 7.59. The lowest BCUT2D eigenvalue weighted by Gasteiger charge is -2.20. The van der Waals surface area contributed by atoms with Gasteiger partial charge in [0.15, 0.2) is 0 Å². The Morgan fingerprint density at radius 3 is 2.58 bits per heavy atom. The highest BCUT2D eigenvalue weighted by molar-refractivity contribution is 7.89. The lowest BCUT2D eigenvalue weighted by molar-refractivity contribution is -0.384. The van der Waals surface area contributed by atoms with E-state index in [2.05, 4.69) is 10.0 Å². The standard InChI is InChI=1S/C17H27N3O5S/c1-17(2,3)19-26(23,24)14-7-8-15(16(11-14)20(21)22)18-9-4-10-25-12-13-5-6-13/h7-8,11,13,18-19H,4-6,9-10,12H2,1-3H3. The zero-order valence-corrected chi connectivity index (χ0v) is 16.3. The quantitative estimate of drug-likeness (QED) is 0.364. The number of nitrogens with zero attached hydrogens (tertiary/aromatic N) is 1. The molecule has 0 aromatic heterocycles. The predicted octanol–water partition coefficient (Wildman–Crippen LogP) is 2.90. The molecule has 1 fully saturated rings. The fourth-order valence-electron chi connectivity index (χ4n) is 2.37. The second-order valence-corrected chi connectivity index (χ2v) is 9.27. The molecule has 0 unspecified atom stereocenters. The summed E-state index contributed by atoms with van der Waals surface area (Å²) in [6, 6.07) is 3.88. The molecule has 0 bridgehead atoms. The Kier molecular flexibility index (Phi) is 6.59. The van der Waals surface area contributed by atoms with Crippen LogP contribution in [-0.2, 0) is 14.8 Å². The maximum Gasteiger partial charge on any atom is 0.293 e. The average molecular weight is 385 g/mol. The summed E-state index contributed by atoms with van der Waals surface area (Å²) in [6.07, 6.45) is 3.20. The molecule has 0 heterocycles. The molecule has 26 heavy (non-hydrogen) atoms. The van der Waals surface area contributed by atoms with Crippen LogP contribution in [0.2, 0.25) is 0 Å². The monoisotopic (exact) mass is 385 g/mol. The molecule has 1 saturated carbocycles. The van der Waals surface area contributed by atoms with Crippen molar-refractivity contribution in [3.05, 3.63) is 28.3 Å². The van der Waals surface area contributed by atoms with Gasteiger partial charge in [-0.15, -0.1) is 0 Å². The van der Waals surface area contributed by atoms with Crippen molar-refractivity contribution in [2.24, 2.45) is 5.92 Å². The topological polar surface area (TPSA) is 111 Å². The Labute approximate surface area is 154 Å². The maximum absolute atomic E-state index is 12.4. The number of ether oxygens (including phenoxy) is 1. The number of anilines is 1. The van der Waals surface area contributed by atoms with Crippen molar-refractivity contribution in [3.63, 3.8) is 0 Å². The van der Waals surface area contributed by atoms with E-state index in [0.29, 0.717) is 24.8 Å². The summed E-state index contributed by atoms with van der Waals surface area (Å²) in [5.41, 5.74) is -0.641. The van der Waals surface area contributed by atoms with E-state index >= 15 is 0 Å². The highest BCUT2D eigenvalue weighted by atomic mass is 32.2. The third-order valence-corrected chi connectivity index (χ3v) is 5.50. The number of benzene rings is 1. The Morgan fingerprint density at radius 1 is 1.31 bits per heavy atom. The van der Waals surface area contributed by atoms with Crippen molar-refractivity contribution in [3.8, 4) is 0 Å². The minimum atomic E-state index is -3.83. The van der Waals surface area contributed by atoms with Gasteiger partial charge in [0.25, 0.3) is 5.69 Å². The summed E-state index contributed by atoms with van der Waals surface area (Å²) < 4.78 is 32.7. The highest BCUT2D eigenvalue weighted by Gasteiger charge is 2.25. The van der Waals surface area contributed by atoms with E-state index in [9.17, 15) is 18.5 Å². The normalized spacial score (nSPS) is 15.0. The van der Waals surface area contributed by atoms with E-state index in [0.717, 1.165) is 19.1 Å². The number of hydrogen-bond acceptors (Lipinski definition) is 6. The van der Waals surface area contributed by atoms with Crippen LogP contribution < -0.4 is 10.0 Å². The van der Waals surface area contributed by atoms with Gasteiger partial charge in [-0.3, -0.25) is 10.1 Å². The van der Waals surface area contributed by atoms with Crippen LogP contribution >= 0.6 is 0 Å². The zero-order chi connectivity index (χ0) is 19.4. The van der Waals surface area contributed by atoms with Gasteiger partial charge in [-0.2, -0.15) is 0 Å². The molecule has 146 valence electrons. The van der Waals surface area contributed by atoms with E-state index in [1.165, 1.54) is 25.0 Å². The predicted molar refractivity (Wildman–Crippen MR) is 99.8 cm³/mol. The largest absolute Gasteiger partial charge is 0.381 e. The first-order valence-electron chi connectivity index (χ1n) is 8.72. The first kappa shape index (κ1) is 20.6. The van der Waals surface area contributed by atoms with Gasteiger partial charge in [0.1, 0.15) is 5.69 Å². The first-order chi connectivity index (χ1) is 12.1. The minimum Gasteiger partial charge on any atom is -0.381 e. The first-order valence-corrected chi connectivity index (χ1v) is 10.2. The van der Waals surface area contributed by atoms with Gasteiger partial charge < -0.3 is 10.1 Å². The number of nitro groups is 1. The SMILES string of the molecule is CC(C)(C)NS(=O)(=O)c1ccc(NCCCOCC2CC2)c([N+](=O)[O-])c1. The molecule has 0 spiro atoms. The molecule has 0 saturated heterocycles. The van der Waals surface area contributed by atoms with Gasteiger partial charge in [-0.1, -0.05) is 0 Å². The summed E-state index contributed by atoms with van der Waals surface area (Å²) in [5, 5.41) is 14.3. The van der Waals surface area contributed by atoms with Gasteiger partial charge >= 0.3 is 0 Å². The fourth-order valence-corrected chi connectivity index (χ4v) is 3.81. The Bertz CT molecular complexity index is 739. The molecule has 0 aliphatic heterocycles. The summed E-state index contributed by atoms with van der Waals surface area (Å²) >= 11 is 0. The van der Waals surface area contributed by atoms with Crippen LogP contribution in [0.3, 0.4) is 0 Å². The molecule has 1 aromatic carbocycles. The molecule has 8 nitrogen and oxygen atoms in total. The van der Waals surface area contributed by atoms with Crippen molar-refractivity contribution in [2.75, 3.05) is 25.1 Å². The number of sulfonamides is 1. The molecule has 1 aliphatic carbocycles. The van der Waals surface area contributed by atoms with Crippen LogP contribution in [-0.4, -0.2) is 38.6 Å². The van der Waals surface area contributed by atoms with Gasteiger partial charge in [0.2, 0.25) is 10.0 Å². The van der Waals surface area contributed by atoms with Crippen molar-refractivity contribution in [1.82, 2.24) is 4.72 Å². The summed E-state index contributed by atoms with van der Waals surface area (Å²) in [7, 11) is -3.83. The lowest BCUT2D eigenvalue weighted by atomic mass is 10.1. The summed E-state index contributed by atoms with van der Waals surface area (Å²) in [6.45, 7) is 7.02. The van der Waals surface area contributed by atoms with Gasteiger partial charge in [0, 0.05) is 31.4 Å². The van der Waals surface area contributed by atoms with E-state index in [1.54, 1.807) is 20.8 Å². The zero-order valence-electron chi connectivity index (χ0n) is 15.4. The molecule has 0 amide bonds. The molecule has 0 radical (unpaired) electrons. The smallest absolute Gasteiger partial charge is 0.293 e. The Balaban J connectivity index is 1.99. The summed E-state index contributed by atoms with van der Waals surface area (Å²) in [5.74, 6) is 0.709. The van der Waals surface area contributed by atoms with Crippen LogP contribution in [0, 0.1) is 16.0 Å². The molecule has 2 N–H and O–H groups in total. The van der Waals surface area contributed by atoms with Gasteiger partial charge in [0.05, 0.1) is 9.82 Å². The van der Waals surface area contributed by atoms with Gasteiger partial charge in [-0.25, -0.2) is 13.1 Å². The third kappa shape index (κ3) is 6.54. The van der Waals surface area contributed by atoms with Gasteiger partial charge in [-0.05, 0) is 58.1 Å². The summed E-state index contributed by atoms with van der Waals surface area (Å²) in [4.78, 5) is 10.6. The van der Waals surface area contributed by atoms with E-state index in [4.69, 9.17) is 4.74 Å². The van der Waals surface area contributed by atoms with Crippen molar-refractivity contribution >= 4 is 21.4 Å². The fraction of sp³-hybridized carbons (Fsp3) is 0.647. The van der Waals surface area contributed by atoms with Crippen LogP contribution in [0.4, 0.5) is 11.4 Å². The Morgan fingerprint density at radius 2 is 2.00 bits per heavy atom. The lowest BCUT2D eigenvalue weighted by Crippen LogP contribution is -2.40. The highest BCUT2D eigenvalue weighted by Crippen LogP contribution is 2.29. The number of hydrogen-bond donors (Lipinski definition) is 2. The molecule has 0 atom stereocenters. The van der Waals surface area contributed by atoms with E-state index in [-0.39, 0.29) is 10.6 Å². The van der Waals surface area contributed by atoms with Crippen molar-refractivity contribution in [2.45, 2.75) is 50.5 Å². The van der Waals surface area contributed by atoms with E-state index in [1.807, 2.05) is 0 Å². The van der Waals surface area contributed by atoms with Crippen molar-refractivity contribution < 1.29 is 18.1 Å². The third-order valence-electron chi connectivity index (χ3n) is 3.75. The molecular formula is C17H27N3O5S. The Hall–Kier alpha value is -1.71. The van der Waals surface area contributed by atoms with Crippen LogP contribution in [0.1, 0.15) is 40.0 Å². The van der Waals surface area contributed by atoms with Crippen molar-refractivity contribution in [1.29, 1.82) is 0 Å².